The first-order valence-electron chi connectivity index (χ1n) is 5.49. The number of rotatable bonds is 5. The quantitative estimate of drug-likeness (QED) is 0.812. The average Bonchev–Trinajstić information content (AvgIpc) is 2.60. The minimum absolute atomic E-state index is 0.183. The molecule has 3 heteroatoms. The van der Waals surface area contributed by atoms with Crippen LogP contribution in [0.3, 0.4) is 0 Å². The van der Waals surface area contributed by atoms with Gasteiger partial charge in [-0.25, -0.2) is 0 Å². The number of aliphatic hydroxyl groups excluding tert-OH is 1. The van der Waals surface area contributed by atoms with Gasteiger partial charge in [-0.15, -0.1) is 11.3 Å². The number of hydrogen-bond acceptors (Lipinski definition) is 3. The Balaban J connectivity index is 2.68. The molecule has 2 unspecified atom stereocenters. The summed E-state index contributed by atoms with van der Waals surface area (Å²) >= 11 is 1.66. The first-order valence-corrected chi connectivity index (χ1v) is 6.30. The molecule has 0 saturated carbocycles. The first-order chi connectivity index (χ1) is 7.04. The molecule has 0 aliphatic rings. The van der Waals surface area contributed by atoms with Gasteiger partial charge >= 0.3 is 0 Å². The molecule has 0 saturated heterocycles. The van der Waals surface area contributed by atoms with Crippen LogP contribution in [-0.2, 0) is 0 Å². The molecule has 0 fully saturated rings. The summed E-state index contributed by atoms with van der Waals surface area (Å²) < 4.78 is 0. The summed E-state index contributed by atoms with van der Waals surface area (Å²) in [6, 6.07) is 4.06. The third-order valence-electron chi connectivity index (χ3n) is 2.58. The van der Waals surface area contributed by atoms with Crippen molar-refractivity contribution in [3.63, 3.8) is 0 Å². The Morgan fingerprint density at radius 3 is 2.47 bits per heavy atom. The van der Waals surface area contributed by atoms with Gasteiger partial charge in [-0.1, -0.05) is 13.8 Å². The molecule has 1 rings (SSSR count). The molecule has 86 valence electrons. The normalized spacial score (nSPS) is 15.6. The summed E-state index contributed by atoms with van der Waals surface area (Å²) in [4.78, 5) is 2.29. The zero-order chi connectivity index (χ0) is 11.4. The van der Waals surface area contributed by atoms with Gasteiger partial charge in [0.1, 0.15) is 0 Å². The van der Waals surface area contributed by atoms with E-state index in [1.54, 1.807) is 11.3 Å². The van der Waals surface area contributed by atoms with E-state index in [1.807, 2.05) is 12.1 Å². The molecular formula is C12H21NOS. The van der Waals surface area contributed by atoms with Gasteiger partial charge in [0, 0.05) is 15.7 Å². The van der Waals surface area contributed by atoms with Gasteiger partial charge in [-0.3, -0.25) is 0 Å². The highest BCUT2D eigenvalue weighted by Gasteiger charge is 2.21. The molecule has 0 bridgehead atoms. The van der Waals surface area contributed by atoms with E-state index in [9.17, 15) is 5.11 Å². The monoisotopic (exact) mass is 227 g/mol. The SMILES string of the molecule is Cc1ccc(C(O)C(CN)CC(C)C)s1. The van der Waals surface area contributed by atoms with Crippen LogP contribution in [0, 0.1) is 18.8 Å². The van der Waals surface area contributed by atoms with Crippen molar-refractivity contribution in [2.45, 2.75) is 33.3 Å². The molecule has 0 spiro atoms. The number of nitrogens with two attached hydrogens (primary N) is 1. The zero-order valence-corrected chi connectivity index (χ0v) is 10.6. The summed E-state index contributed by atoms with van der Waals surface area (Å²) in [6.45, 7) is 6.93. The van der Waals surface area contributed by atoms with Crippen molar-refractivity contribution < 1.29 is 5.11 Å². The predicted molar refractivity (Wildman–Crippen MR) is 66.0 cm³/mol. The third-order valence-corrected chi connectivity index (χ3v) is 3.65. The van der Waals surface area contributed by atoms with Gasteiger partial charge in [0.25, 0.3) is 0 Å². The highest BCUT2D eigenvalue weighted by atomic mass is 32.1. The minimum Gasteiger partial charge on any atom is -0.387 e. The fourth-order valence-corrected chi connectivity index (χ4v) is 2.76. The molecule has 0 aliphatic heterocycles. The second kappa shape index (κ2) is 5.64. The maximum atomic E-state index is 10.2. The van der Waals surface area contributed by atoms with Gasteiger partial charge in [0.2, 0.25) is 0 Å². The molecule has 1 heterocycles. The second-order valence-corrected chi connectivity index (χ2v) is 5.84. The Bertz CT molecular complexity index is 296. The molecule has 0 radical (unpaired) electrons. The molecular weight excluding hydrogens is 206 g/mol. The van der Waals surface area contributed by atoms with E-state index in [4.69, 9.17) is 5.73 Å². The van der Waals surface area contributed by atoms with Gasteiger partial charge in [0.15, 0.2) is 0 Å². The summed E-state index contributed by atoms with van der Waals surface area (Å²) in [7, 11) is 0. The van der Waals surface area contributed by atoms with Gasteiger partial charge in [-0.2, -0.15) is 0 Å². The van der Waals surface area contributed by atoms with Gasteiger partial charge in [0.05, 0.1) is 6.10 Å². The third kappa shape index (κ3) is 3.59. The van der Waals surface area contributed by atoms with Crippen LogP contribution in [0.4, 0.5) is 0 Å². The van der Waals surface area contributed by atoms with Crippen LogP contribution in [0.2, 0.25) is 0 Å². The minimum atomic E-state index is -0.393. The van der Waals surface area contributed by atoms with Crippen LogP contribution < -0.4 is 5.73 Å². The van der Waals surface area contributed by atoms with E-state index < -0.39 is 6.10 Å². The molecule has 0 aromatic carbocycles. The standard InChI is InChI=1S/C12H21NOS/c1-8(2)6-10(7-13)12(14)11-5-4-9(3)15-11/h4-5,8,10,12,14H,6-7,13H2,1-3H3. The lowest BCUT2D eigenvalue weighted by Gasteiger charge is -2.22. The molecule has 0 aliphatic carbocycles. The van der Waals surface area contributed by atoms with Crippen molar-refractivity contribution >= 4 is 11.3 Å². The summed E-state index contributed by atoms with van der Waals surface area (Å²) in [5.74, 6) is 0.761. The van der Waals surface area contributed by atoms with Crippen molar-refractivity contribution in [3.8, 4) is 0 Å². The summed E-state index contributed by atoms with van der Waals surface area (Å²) in [5.41, 5.74) is 5.71. The summed E-state index contributed by atoms with van der Waals surface area (Å²) in [6.07, 6.45) is 0.588. The van der Waals surface area contributed by atoms with Gasteiger partial charge < -0.3 is 10.8 Å². The van der Waals surface area contributed by atoms with Crippen molar-refractivity contribution in [1.82, 2.24) is 0 Å². The number of aliphatic hydroxyl groups is 1. The molecule has 2 nitrogen and oxygen atoms in total. The van der Waals surface area contributed by atoms with E-state index in [0.717, 1.165) is 11.3 Å². The Hall–Kier alpha value is -0.380. The fourth-order valence-electron chi connectivity index (χ4n) is 1.80. The zero-order valence-electron chi connectivity index (χ0n) is 9.73. The highest BCUT2D eigenvalue weighted by molar-refractivity contribution is 7.12. The van der Waals surface area contributed by atoms with Crippen LogP contribution in [-0.4, -0.2) is 11.7 Å². The van der Waals surface area contributed by atoms with E-state index in [0.29, 0.717) is 12.5 Å². The topological polar surface area (TPSA) is 46.2 Å². The Kier molecular flexibility index (Phi) is 4.77. The van der Waals surface area contributed by atoms with E-state index in [2.05, 4.69) is 20.8 Å². The maximum absolute atomic E-state index is 10.2. The van der Waals surface area contributed by atoms with Crippen LogP contribution in [0.25, 0.3) is 0 Å². The second-order valence-electron chi connectivity index (χ2n) is 4.52. The Morgan fingerprint density at radius 2 is 2.07 bits per heavy atom. The lowest BCUT2D eigenvalue weighted by molar-refractivity contribution is 0.103. The van der Waals surface area contributed by atoms with Crippen molar-refractivity contribution in [1.29, 1.82) is 0 Å². The van der Waals surface area contributed by atoms with Crippen LogP contribution in [0.5, 0.6) is 0 Å². The molecule has 3 N–H and O–H groups in total. The summed E-state index contributed by atoms with van der Waals surface area (Å²) in [5, 5.41) is 10.2. The van der Waals surface area contributed by atoms with Crippen LogP contribution in [0.15, 0.2) is 12.1 Å². The first kappa shape index (κ1) is 12.7. The lowest BCUT2D eigenvalue weighted by Crippen LogP contribution is -2.23. The average molecular weight is 227 g/mol. The number of hydrogen-bond donors (Lipinski definition) is 2. The maximum Gasteiger partial charge on any atom is 0.0922 e. The Morgan fingerprint density at radius 1 is 1.40 bits per heavy atom. The molecule has 1 aromatic rings. The molecule has 2 atom stereocenters. The van der Waals surface area contributed by atoms with Crippen molar-refractivity contribution in [2.75, 3.05) is 6.54 Å². The van der Waals surface area contributed by atoms with E-state index >= 15 is 0 Å². The van der Waals surface area contributed by atoms with E-state index in [-0.39, 0.29) is 5.92 Å². The van der Waals surface area contributed by atoms with E-state index in [1.165, 1.54) is 4.88 Å². The molecule has 0 amide bonds. The van der Waals surface area contributed by atoms with Crippen molar-refractivity contribution in [2.24, 2.45) is 17.6 Å². The van der Waals surface area contributed by atoms with Crippen LogP contribution in [0.1, 0.15) is 36.1 Å². The number of aryl methyl sites for hydroxylation is 1. The Labute approximate surface area is 96.1 Å². The fraction of sp³-hybridized carbons (Fsp3) is 0.667. The predicted octanol–water partition coefficient (Wildman–Crippen LogP) is 2.71. The van der Waals surface area contributed by atoms with Crippen LogP contribution >= 0.6 is 11.3 Å². The lowest BCUT2D eigenvalue weighted by atomic mass is 9.91. The molecule has 1 aromatic heterocycles. The smallest absolute Gasteiger partial charge is 0.0922 e. The molecule has 15 heavy (non-hydrogen) atoms. The highest BCUT2D eigenvalue weighted by Crippen LogP contribution is 2.31. The number of thiophene rings is 1. The van der Waals surface area contributed by atoms with Gasteiger partial charge in [-0.05, 0) is 37.9 Å². The largest absolute Gasteiger partial charge is 0.387 e. The van der Waals surface area contributed by atoms with Crippen molar-refractivity contribution in [3.05, 3.63) is 21.9 Å².